The van der Waals surface area contributed by atoms with E-state index in [1.165, 1.54) is 13.2 Å². The summed E-state index contributed by atoms with van der Waals surface area (Å²) in [4.78, 5) is 25.9. The van der Waals surface area contributed by atoms with Crippen LogP contribution in [0.15, 0.2) is 115 Å². The Kier molecular flexibility index (Phi) is 9.04. The number of nitriles is 1. The van der Waals surface area contributed by atoms with E-state index < -0.39 is 11.9 Å². The van der Waals surface area contributed by atoms with Crippen molar-refractivity contribution in [3.05, 3.63) is 137 Å². The van der Waals surface area contributed by atoms with E-state index in [0.29, 0.717) is 23.2 Å². The zero-order valence-electron chi connectivity index (χ0n) is 21.3. The third-order valence-corrected chi connectivity index (χ3v) is 5.78. The van der Waals surface area contributed by atoms with Gasteiger partial charge >= 0.3 is 5.97 Å². The molecular weight excluding hydrogens is 488 g/mol. The van der Waals surface area contributed by atoms with E-state index in [1.807, 2.05) is 97.1 Å². The predicted octanol–water partition coefficient (Wildman–Crippen LogP) is 6.06. The van der Waals surface area contributed by atoms with Crippen LogP contribution in [0.5, 0.6) is 11.5 Å². The van der Waals surface area contributed by atoms with Crippen molar-refractivity contribution in [1.29, 1.82) is 5.26 Å². The number of amides is 1. The van der Waals surface area contributed by atoms with Gasteiger partial charge in [0, 0.05) is 6.54 Å². The largest absolute Gasteiger partial charge is 0.493 e. The molecule has 6 nitrogen and oxygen atoms in total. The zero-order valence-corrected chi connectivity index (χ0v) is 21.3. The maximum absolute atomic E-state index is 13.3. The second-order valence-electron chi connectivity index (χ2n) is 8.47. The number of ether oxygens (including phenoxy) is 2. The third kappa shape index (κ3) is 7.31. The summed E-state index contributed by atoms with van der Waals surface area (Å²) in [6.45, 7) is 0.303. The summed E-state index contributed by atoms with van der Waals surface area (Å²) in [5.74, 6) is -0.549. The highest BCUT2D eigenvalue weighted by Gasteiger charge is 2.18. The molecule has 0 aromatic heterocycles. The normalized spacial score (nSPS) is 11.3. The van der Waals surface area contributed by atoms with Crippen molar-refractivity contribution in [1.82, 2.24) is 5.32 Å². The lowest BCUT2D eigenvalue weighted by atomic mass is 10.0. The van der Waals surface area contributed by atoms with Crippen LogP contribution in [0.25, 0.3) is 17.7 Å². The molecule has 0 aliphatic heterocycles. The van der Waals surface area contributed by atoms with Gasteiger partial charge in [0.05, 0.1) is 12.7 Å². The van der Waals surface area contributed by atoms with Crippen LogP contribution in [0.3, 0.4) is 0 Å². The quantitative estimate of drug-likeness (QED) is 0.0964. The molecule has 0 fully saturated rings. The first-order chi connectivity index (χ1) is 19.1. The molecule has 39 heavy (non-hydrogen) atoms. The Bertz CT molecular complexity index is 1540. The summed E-state index contributed by atoms with van der Waals surface area (Å²) in [5.41, 5.74) is 3.36. The molecule has 6 heteroatoms. The predicted molar refractivity (Wildman–Crippen MR) is 151 cm³/mol. The Hall–Kier alpha value is -5.41. The molecule has 0 heterocycles. The molecule has 0 atom stereocenters. The molecule has 4 aromatic carbocycles. The molecule has 0 saturated carbocycles. The fourth-order valence-corrected chi connectivity index (χ4v) is 3.80. The Labute approximate surface area is 227 Å². The topological polar surface area (TPSA) is 88.4 Å². The van der Waals surface area contributed by atoms with Crippen LogP contribution in [0, 0.1) is 11.3 Å². The van der Waals surface area contributed by atoms with E-state index >= 15 is 0 Å². The van der Waals surface area contributed by atoms with E-state index in [2.05, 4.69) is 5.32 Å². The maximum Gasteiger partial charge on any atom is 0.344 e. The minimum absolute atomic E-state index is 0.0603. The number of hydrogen-bond acceptors (Lipinski definition) is 5. The average Bonchev–Trinajstić information content (AvgIpc) is 2.99. The highest BCUT2D eigenvalue weighted by atomic mass is 16.6. The van der Waals surface area contributed by atoms with Gasteiger partial charge in [-0.05, 0) is 46.5 Å². The van der Waals surface area contributed by atoms with Crippen molar-refractivity contribution in [2.45, 2.75) is 6.54 Å². The number of esters is 1. The van der Waals surface area contributed by atoms with Crippen LogP contribution in [-0.2, 0) is 16.1 Å². The molecule has 0 unspecified atom stereocenters. The van der Waals surface area contributed by atoms with Gasteiger partial charge in [-0.15, -0.1) is 0 Å². The molecule has 0 radical (unpaired) electrons. The Morgan fingerprint density at radius 2 is 1.44 bits per heavy atom. The first-order valence-electron chi connectivity index (χ1n) is 12.2. The number of nitrogens with zero attached hydrogens (tertiary/aromatic N) is 1. The van der Waals surface area contributed by atoms with E-state index in [-0.39, 0.29) is 17.1 Å². The van der Waals surface area contributed by atoms with E-state index in [1.54, 1.807) is 24.3 Å². The van der Waals surface area contributed by atoms with Gasteiger partial charge in [0.25, 0.3) is 5.91 Å². The monoisotopic (exact) mass is 514 g/mol. The first-order valence-corrected chi connectivity index (χ1v) is 12.2. The summed E-state index contributed by atoms with van der Waals surface area (Å²) in [5, 5.41) is 12.3. The number of rotatable bonds is 9. The molecule has 0 saturated heterocycles. The molecule has 0 aliphatic carbocycles. The number of carbonyl (C=O) groups is 2. The van der Waals surface area contributed by atoms with Gasteiger partial charge in [0.15, 0.2) is 11.5 Å². The Balaban J connectivity index is 1.55. The summed E-state index contributed by atoms with van der Waals surface area (Å²) in [6.07, 6.45) is 3.23. The number of benzene rings is 4. The van der Waals surface area contributed by atoms with Crippen LogP contribution < -0.4 is 14.8 Å². The Morgan fingerprint density at radius 3 is 2.08 bits per heavy atom. The lowest BCUT2D eigenvalue weighted by Crippen LogP contribution is -2.23. The molecule has 1 amide bonds. The Morgan fingerprint density at radius 1 is 0.795 bits per heavy atom. The molecular formula is C33H26N2O4. The van der Waals surface area contributed by atoms with Gasteiger partial charge in [0.2, 0.25) is 0 Å². The minimum atomic E-state index is -0.551. The van der Waals surface area contributed by atoms with E-state index in [4.69, 9.17) is 9.47 Å². The maximum atomic E-state index is 13.3. The van der Waals surface area contributed by atoms with Crippen molar-refractivity contribution >= 4 is 29.6 Å². The van der Waals surface area contributed by atoms with Crippen LogP contribution in [0.4, 0.5) is 0 Å². The molecule has 4 aromatic rings. The molecule has 0 aliphatic rings. The van der Waals surface area contributed by atoms with Gasteiger partial charge in [-0.3, -0.25) is 4.79 Å². The highest BCUT2D eigenvalue weighted by molar-refractivity contribution is 6.22. The third-order valence-electron chi connectivity index (χ3n) is 5.78. The van der Waals surface area contributed by atoms with E-state index in [0.717, 1.165) is 11.1 Å². The van der Waals surface area contributed by atoms with Crippen LogP contribution in [0.2, 0.25) is 0 Å². The molecule has 0 spiro atoms. The SMILES string of the molecule is COc1cc(/C=C(\C#N)C(=O)NCc2ccccc2)ccc1OC(=O)/C(=C/c1ccccc1)c1ccccc1. The van der Waals surface area contributed by atoms with Gasteiger partial charge < -0.3 is 14.8 Å². The smallest absolute Gasteiger partial charge is 0.344 e. The molecule has 4 rings (SSSR count). The highest BCUT2D eigenvalue weighted by Crippen LogP contribution is 2.31. The van der Waals surface area contributed by atoms with Crippen molar-refractivity contribution in [3.63, 3.8) is 0 Å². The first kappa shape index (κ1) is 26.6. The summed E-state index contributed by atoms with van der Waals surface area (Å²) in [6, 6.07) is 35.0. The second-order valence-corrected chi connectivity index (χ2v) is 8.47. The number of methoxy groups -OCH3 is 1. The fourth-order valence-electron chi connectivity index (χ4n) is 3.80. The number of carbonyl (C=O) groups excluding carboxylic acids is 2. The minimum Gasteiger partial charge on any atom is -0.493 e. The summed E-state index contributed by atoms with van der Waals surface area (Å²) in [7, 11) is 1.45. The summed E-state index contributed by atoms with van der Waals surface area (Å²) < 4.78 is 11.2. The lowest BCUT2D eigenvalue weighted by Gasteiger charge is -2.12. The molecule has 192 valence electrons. The van der Waals surface area contributed by atoms with Crippen LogP contribution in [0.1, 0.15) is 22.3 Å². The van der Waals surface area contributed by atoms with Crippen molar-refractivity contribution in [3.8, 4) is 17.6 Å². The fraction of sp³-hybridized carbons (Fsp3) is 0.0606. The average molecular weight is 515 g/mol. The van der Waals surface area contributed by atoms with Crippen molar-refractivity contribution in [2.75, 3.05) is 7.11 Å². The second kappa shape index (κ2) is 13.2. The lowest BCUT2D eigenvalue weighted by molar-refractivity contribution is -0.128. The van der Waals surface area contributed by atoms with Gasteiger partial charge in [-0.25, -0.2) is 4.79 Å². The van der Waals surface area contributed by atoms with Crippen LogP contribution in [-0.4, -0.2) is 19.0 Å². The number of nitrogens with one attached hydrogen (secondary N) is 1. The van der Waals surface area contributed by atoms with Gasteiger partial charge in [-0.2, -0.15) is 5.26 Å². The molecule has 1 N–H and O–H groups in total. The summed E-state index contributed by atoms with van der Waals surface area (Å²) >= 11 is 0. The van der Waals surface area contributed by atoms with Gasteiger partial charge in [-0.1, -0.05) is 97.1 Å². The van der Waals surface area contributed by atoms with Crippen molar-refractivity contribution in [2.24, 2.45) is 0 Å². The molecule has 0 bridgehead atoms. The number of hydrogen-bond donors (Lipinski definition) is 1. The van der Waals surface area contributed by atoms with Gasteiger partial charge in [0.1, 0.15) is 11.6 Å². The zero-order chi connectivity index (χ0) is 27.5. The van der Waals surface area contributed by atoms with E-state index in [9.17, 15) is 14.9 Å². The van der Waals surface area contributed by atoms with Crippen molar-refractivity contribution < 1.29 is 19.1 Å². The standard InChI is InChI=1S/C33H26N2O4/c1-38-31-21-26(19-28(22-34)32(36)35-23-25-13-7-3-8-14-25)17-18-30(31)39-33(37)29(27-15-9-4-10-16-27)20-24-11-5-2-6-12-24/h2-21H,23H2,1H3,(H,35,36)/b28-19+,29-20+. The van der Waals surface area contributed by atoms with Crippen LogP contribution >= 0.6 is 0 Å².